The summed E-state index contributed by atoms with van der Waals surface area (Å²) >= 11 is -0.674. The Morgan fingerprint density at radius 3 is 2.26 bits per heavy atom. The van der Waals surface area contributed by atoms with Crippen LogP contribution in [0.4, 0.5) is 0 Å². The molecule has 2 saturated carbocycles. The summed E-state index contributed by atoms with van der Waals surface area (Å²) in [6.45, 7) is 4.41. The van der Waals surface area contributed by atoms with Crippen molar-refractivity contribution in [1.29, 1.82) is 0 Å². The summed E-state index contributed by atoms with van der Waals surface area (Å²) < 4.78 is 24.1. The molecular formula is C15H24O3S. The Bertz CT molecular complexity index is 390. The van der Waals surface area contributed by atoms with E-state index in [2.05, 4.69) is 13.8 Å². The van der Waals surface area contributed by atoms with E-state index < -0.39 is 11.2 Å². The van der Waals surface area contributed by atoms with Gasteiger partial charge in [-0.3, -0.25) is 0 Å². The molecule has 2 saturated heterocycles. The van der Waals surface area contributed by atoms with Gasteiger partial charge in [0.15, 0.2) is 0 Å². The zero-order valence-electron chi connectivity index (χ0n) is 11.9. The maximum absolute atomic E-state index is 12.6. The van der Waals surface area contributed by atoms with Crippen molar-refractivity contribution >= 4 is 11.2 Å². The molecule has 7 unspecified atom stereocenters. The standard InChI is InChI=1S/C15H24O3S/c1-14-7-10(3-5-12(14)17-14)9-19(16)11-4-6-13-15(2,8-11)18-13/h10-13H,3-9H2,1-2H3. The molecule has 3 nitrogen and oxygen atoms in total. The van der Waals surface area contributed by atoms with E-state index in [9.17, 15) is 4.55 Å². The van der Waals surface area contributed by atoms with E-state index in [4.69, 9.17) is 9.47 Å². The van der Waals surface area contributed by atoms with Crippen LogP contribution in [0.3, 0.4) is 0 Å². The first-order chi connectivity index (χ1) is 8.98. The molecule has 7 atom stereocenters. The van der Waals surface area contributed by atoms with Crippen molar-refractivity contribution in [2.75, 3.05) is 5.75 Å². The first kappa shape index (κ1) is 12.9. The molecule has 2 aliphatic heterocycles. The quantitative estimate of drug-likeness (QED) is 0.590. The van der Waals surface area contributed by atoms with Gasteiger partial charge in [0.2, 0.25) is 0 Å². The fraction of sp³-hybridized carbons (Fsp3) is 1.00. The Kier molecular flexibility index (Phi) is 2.81. The summed E-state index contributed by atoms with van der Waals surface area (Å²) in [5, 5.41) is 0.370. The highest BCUT2D eigenvalue weighted by Gasteiger charge is 2.59. The van der Waals surface area contributed by atoms with E-state index in [-0.39, 0.29) is 11.2 Å². The van der Waals surface area contributed by atoms with Crippen molar-refractivity contribution in [3.63, 3.8) is 0 Å². The smallest absolute Gasteiger partial charge is 0.118 e. The second kappa shape index (κ2) is 4.12. The maximum Gasteiger partial charge on any atom is 0.118 e. The maximum atomic E-state index is 12.6. The summed E-state index contributed by atoms with van der Waals surface area (Å²) in [7, 11) is 0. The molecule has 0 aromatic heterocycles. The summed E-state index contributed by atoms with van der Waals surface area (Å²) in [4.78, 5) is 0. The molecule has 19 heavy (non-hydrogen) atoms. The molecule has 2 heterocycles. The number of ether oxygens (including phenoxy) is 2. The minimum Gasteiger partial charge on any atom is -0.616 e. The number of hydrogen-bond donors (Lipinski definition) is 0. The Morgan fingerprint density at radius 2 is 1.63 bits per heavy atom. The molecule has 0 amide bonds. The highest BCUT2D eigenvalue weighted by atomic mass is 32.2. The summed E-state index contributed by atoms with van der Waals surface area (Å²) in [6, 6.07) is 0. The summed E-state index contributed by atoms with van der Waals surface area (Å²) in [5.41, 5.74) is 0.207. The molecule has 0 aromatic rings. The van der Waals surface area contributed by atoms with E-state index >= 15 is 0 Å². The Hall–Kier alpha value is 0.230. The lowest BCUT2D eigenvalue weighted by Crippen LogP contribution is -2.37. The second-order valence-corrected chi connectivity index (χ2v) is 9.20. The van der Waals surface area contributed by atoms with Crippen molar-refractivity contribution in [1.82, 2.24) is 0 Å². The van der Waals surface area contributed by atoms with Crippen LogP contribution in [-0.2, 0) is 20.6 Å². The third-order valence-electron chi connectivity index (χ3n) is 5.76. The molecule has 0 spiro atoms. The molecule has 108 valence electrons. The number of epoxide rings is 2. The second-order valence-electron chi connectivity index (χ2n) is 7.44. The van der Waals surface area contributed by atoms with Crippen LogP contribution >= 0.6 is 0 Å². The van der Waals surface area contributed by atoms with Crippen LogP contribution in [0, 0.1) is 5.92 Å². The molecule has 4 fully saturated rings. The van der Waals surface area contributed by atoms with E-state index in [1.165, 1.54) is 12.8 Å². The first-order valence-corrected chi connectivity index (χ1v) is 9.09. The van der Waals surface area contributed by atoms with Crippen LogP contribution in [0.5, 0.6) is 0 Å². The van der Waals surface area contributed by atoms with Gasteiger partial charge in [-0.15, -0.1) is 0 Å². The Morgan fingerprint density at radius 1 is 1.00 bits per heavy atom. The van der Waals surface area contributed by atoms with Crippen LogP contribution in [0.25, 0.3) is 0 Å². The molecule has 4 aliphatic rings. The van der Waals surface area contributed by atoms with E-state index in [1.807, 2.05) is 0 Å². The van der Waals surface area contributed by atoms with E-state index in [0.717, 1.165) is 31.4 Å². The van der Waals surface area contributed by atoms with Gasteiger partial charge in [0.25, 0.3) is 0 Å². The molecule has 2 aliphatic carbocycles. The minimum absolute atomic E-state index is 0.0712. The molecule has 4 rings (SSSR count). The van der Waals surface area contributed by atoms with Gasteiger partial charge in [0.1, 0.15) is 11.0 Å². The molecule has 4 heteroatoms. The third-order valence-corrected chi connectivity index (χ3v) is 7.70. The Labute approximate surface area is 118 Å². The highest BCUT2D eigenvalue weighted by molar-refractivity contribution is 7.92. The molecule has 0 bridgehead atoms. The van der Waals surface area contributed by atoms with Crippen LogP contribution in [0.15, 0.2) is 0 Å². The number of hydrogen-bond acceptors (Lipinski definition) is 3. The lowest BCUT2D eigenvalue weighted by Gasteiger charge is -2.30. The summed E-state index contributed by atoms with van der Waals surface area (Å²) in [6.07, 6.45) is 7.68. The molecule has 0 radical (unpaired) electrons. The zero-order chi connectivity index (χ0) is 13.3. The normalized spacial score (nSPS) is 57.0. The van der Waals surface area contributed by atoms with Crippen molar-refractivity contribution in [2.24, 2.45) is 5.92 Å². The monoisotopic (exact) mass is 284 g/mol. The van der Waals surface area contributed by atoms with Crippen LogP contribution in [0.1, 0.15) is 52.4 Å². The minimum atomic E-state index is -0.674. The van der Waals surface area contributed by atoms with Crippen molar-refractivity contribution < 1.29 is 14.0 Å². The van der Waals surface area contributed by atoms with Crippen LogP contribution < -0.4 is 0 Å². The first-order valence-electron chi connectivity index (χ1n) is 7.71. The van der Waals surface area contributed by atoms with E-state index in [1.54, 1.807) is 0 Å². The lowest BCUT2D eigenvalue weighted by atomic mass is 9.83. The molecule has 0 N–H and O–H groups in total. The van der Waals surface area contributed by atoms with Gasteiger partial charge >= 0.3 is 0 Å². The third kappa shape index (κ3) is 2.25. The van der Waals surface area contributed by atoms with Crippen molar-refractivity contribution in [3.8, 4) is 0 Å². The SMILES string of the molecule is CC12CC(C[S+]([O-])C3CCC4OC4(C)C3)CCC1O2. The van der Waals surface area contributed by atoms with E-state index in [0.29, 0.717) is 23.4 Å². The van der Waals surface area contributed by atoms with Crippen LogP contribution in [0.2, 0.25) is 0 Å². The topological polar surface area (TPSA) is 48.1 Å². The molecular weight excluding hydrogens is 260 g/mol. The van der Waals surface area contributed by atoms with Gasteiger partial charge in [-0.1, -0.05) is 11.2 Å². The number of rotatable bonds is 3. The average molecular weight is 284 g/mol. The Balaban J connectivity index is 1.32. The zero-order valence-corrected chi connectivity index (χ0v) is 12.7. The van der Waals surface area contributed by atoms with Gasteiger partial charge < -0.3 is 14.0 Å². The predicted molar refractivity (Wildman–Crippen MR) is 74.5 cm³/mol. The van der Waals surface area contributed by atoms with Gasteiger partial charge in [-0.2, -0.15) is 0 Å². The lowest BCUT2D eigenvalue weighted by molar-refractivity contribution is 0.282. The summed E-state index contributed by atoms with van der Waals surface area (Å²) in [5.74, 6) is 1.49. The fourth-order valence-corrected chi connectivity index (χ4v) is 6.30. The number of fused-ring (bicyclic) bond motifs is 2. The van der Waals surface area contributed by atoms with Crippen LogP contribution in [-0.4, -0.2) is 39.0 Å². The largest absolute Gasteiger partial charge is 0.616 e. The van der Waals surface area contributed by atoms with Gasteiger partial charge in [0, 0.05) is 12.3 Å². The van der Waals surface area contributed by atoms with Gasteiger partial charge in [-0.05, 0) is 46.0 Å². The highest BCUT2D eigenvalue weighted by Crippen LogP contribution is 2.51. The average Bonchev–Trinajstić information content (AvgIpc) is 3.20. The predicted octanol–water partition coefficient (Wildman–Crippen LogP) is 2.40. The fourth-order valence-electron chi connectivity index (χ4n) is 4.36. The van der Waals surface area contributed by atoms with Crippen molar-refractivity contribution in [3.05, 3.63) is 0 Å². The van der Waals surface area contributed by atoms with Gasteiger partial charge in [0.05, 0.1) is 23.4 Å². The van der Waals surface area contributed by atoms with Gasteiger partial charge in [-0.25, -0.2) is 0 Å². The van der Waals surface area contributed by atoms with Crippen molar-refractivity contribution in [2.45, 2.75) is 81.0 Å². The molecule has 0 aromatic carbocycles.